The number of hydrogen-bond acceptors (Lipinski definition) is 6. The quantitative estimate of drug-likeness (QED) is 0.612. The molecule has 0 spiro atoms. The molecule has 8 heteroatoms. The Kier molecular flexibility index (Phi) is 5.67. The van der Waals surface area contributed by atoms with Gasteiger partial charge in [-0.05, 0) is 48.0 Å². The number of imide groups is 1. The number of aryl methyl sites for hydroxylation is 1. The maximum Gasteiger partial charge on any atom is 0.293 e. The van der Waals surface area contributed by atoms with Crippen molar-refractivity contribution in [1.29, 1.82) is 0 Å². The van der Waals surface area contributed by atoms with Gasteiger partial charge in [0.25, 0.3) is 11.1 Å². The summed E-state index contributed by atoms with van der Waals surface area (Å²) in [6, 6.07) is 9.40. The predicted octanol–water partition coefficient (Wildman–Crippen LogP) is 3.53. The van der Waals surface area contributed by atoms with Gasteiger partial charge in [-0.25, -0.2) is 0 Å². The van der Waals surface area contributed by atoms with Crippen LogP contribution in [0.5, 0.6) is 0 Å². The van der Waals surface area contributed by atoms with E-state index >= 15 is 0 Å². The summed E-state index contributed by atoms with van der Waals surface area (Å²) in [5.74, 6) is -0.560. The van der Waals surface area contributed by atoms with Crippen LogP contribution in [-0.2, 0) is 16.0 Å². The zero-order valence-corrected chi connectivity index (χ0v) is 17.1. The molecule has 1 aliphatic heterocycles. The van der Waals surface area contributed by atoms with E-state index in [-0.39, 0.29) is 36.6 Å². The highest BCUT2D eigenvalue weighted by molar-refractivity contribution is 8.18. The normalized spacial score (nSPS) is 15.4. The van der Waals surface area contributed by atoms with Crippen molar-refractivity contribution >= 4 is 45.9 Å². The molecule has 0 aliphatic carbocycles. The first-order valence-electron chi connectivity index (χ1n) is 9.40. The molecule has 152 valence electrons. The number of pyridine rings is 1. The van der Waals surface area contributed by atoms with Crippen LogP contribution in [-0.4, -0.2) is 40.0 Å². The van der Waals surface area contributed by atoms with Crippen LogP contribution in [0.15, 0.2) is 58.3 Å². The number of nitrogens with one attached hydrogen (secondary N) is 1. The van der Waals surface area contributed by atoms with Crippen LogP contribution < -0.4 is 5.32 Å². The Balaban J connectivity index is 1.32. The molecular weight excluding hydrogens is 402 g/mol. The number of benzene rings is 1. The first-order chi connectivity index (χ1) is 14.5. The number of nitrogens with zero attached hydrogens (tertiary/aromatic N) is 2. The predicted molar refractivity (Wildman–Crippen MR) is 115 cm³/mol. The molecule has 30 heavy (non-hydrogen) atoms. The van der Waals surface area contributed by atoms with E-state index in [1.54, 1.807) is 30.8 Å². The lowest BCUT2D eigenvalue weighted by Crippen LogP contribution is -2.37. The SMILES string of the molecule is Cc1ccc2c(CC(=O)NCCN3C(=O)SC(=Cc4cccnc4)C3=O)coc2c1. The van der Waals surface area contributed by atoms with Gasteiger partial charge in [-0.1, -0.05) is 18.2 Å². The van der Waals surface area contributed by atoms with Gasteiger partial charge < -0.3 is 9.73 Å². The standard InChI is InChI=1S/C22H19N3O4S/c1-14-4-5-17-16(13-29-18(17)9-14)11-20(26)24-7-8-25-21(27)19(30-22(25)28)10-15-3-2-6-23-12-15/h2-6,9-10,12-13H,7-8,11H2,1H3,(H,24,26). The van der Waals surface area contributed by atoms with Crippen LogP contribution in [0.25, 0.3) is 17.0 Å². The Hall–Kier alpha value is -3.39. The van der Waals surface area contributed by atoms with Crippen LogP contribution in [0.2, 0.25) is 0 Å². The van der Waals surface area contributed by atoms with Crippen molar-refractivity contribution in [3.63, 3.8) is 0 Å². The topological polar surface area (TPSA) is 92.5 Å². The fourth-order valence-electron chi connectivity index (χ4n) is 3.18. The average molecular weight is 421 g/mol. The summed E-state index contributed by atoms with van der Waals surface area (Å²) in [6.45, 7) is 2.28. The van der Waals surface area contributed by atoms with E-state index in [1.807, 2.05) is 31.2 Å². The third kappa shape index (κ3) is 4.28. The van der Waals surface area contributed by atoms with Gasteiger partial charge in [-0.3, -0.25) is 24.3 Å². The number of rotatable bonds is 6. The highest BCUT2D eigenvalue weighted by Crippen LogP contribution is 2.31. The van der Waals surface area contributed by atoms with Crippen LogP contribution in [0.3, 0.4) is 0 Å². The minimum atomic E-state index is -0.362. The smallest absolute Gasteiger partial charge is 0.293 e. The first-order valence-corrected chi connectivity index (χ1v) is 10.2. The van der Waals surface area contributed by atoms with Gasteiger partial charge in [0.05, 0.1) is 17.6 Å². The maximum absolute atomic E-state index is 12.5. The van der Waals surface area contributed by atoms with Gasteiger partial charge in [0, 0.05) is 36.4 Å². The second-order valence-corrected chi connectivity index (χ2v) is 7.90. The molecule has 1 aliphatic rings. The molecule has 3 aromatic rings. The lowest BCUT2D eigenvalue weighted by molar-refractivity contribution is -0.124. The number of hydrogen-bond donors (Lipinski definition) is 1. The van der Waals surface area contributed by atoms with E-state index in [9.17, 15) is 14.4 Å². The summed E-state index contributed by atoms with van der Waals surface area (Å²) in [5, 5.41) is 3.32. The molecule has 0 bridgehead atoms. The third-order valence-corrected chi connectivity index (χ3v) is 5.58. The average Bonchev–Trinajstić information content (AvgIpc) is 3.23. The molecule has 1 aromatic carbocycles. The first kappa shape index (κ1) is 19.9. The van der Waals surface area contributed by atoms with Crippen molar-refractivity contribution in [2.75, 3.05) is 13.1 Å². The Labute approximate surface area is 177 Å². The number of amides is 3. The Morgan fingerprint density at radius 2 is 2.17 bits per heavy atom. The van der Waals surface area contributed by atoms with Crippen molar-refractivity contribution < 1.29 is 18.8 Å². The number of thioether (sulfide) groups is 1. The summed E-state index contributed by atoms with van der Waals surface area (Å²) in [4.78, 5) is 42.5. The fraction of sp³-hybridized carbons (Fsp3) is 0.182. The Bertz CT molecular complexity index is 1150. The summed E-state index contributed by atoms with van der Waals surface area (Å²) in [5.41, 5.74) is 3.38. The third-order valence-electron chi connectivity index (χ3n) is 4.68. The summed E-state index contributed by atoms with van der Waals surface area (Å²) < 4.78 is 5.51. The van der Waals surface area contributed by atoms with E-state index < -0.39 is 0 Å². The highest BCUT2D eigenvalue weighted by Gasteiger charge is 2.34. The molecule has 2 aromatic heterocycles. The molecule has 7 nitrogen and oxygen atoms in total. The van der Waals surface area contributed by atoms with Crippen molar-refractivity contribution in [1.82, 2.24) is 15.2 Å². The summed E-state index contributed by atoms with van der Waals surface area (Å²) in [7, 11) is 0. The van der Waals surface area contributed by atoms with Crippen molar-refractivity contribution in [2.45, 2.75) is 13.3 Å². The van der Waals surface area contributed by atoms with Crippen LogP contribution in [0.4, 0.5) is 4.79 Å². The minimum absolute atomic E-state index is 0.117. The van der Waals surface area contributed by atoms with Crippen molar-refractivity contribution in [3.8, 4) is 0 Å². The van der Waals surface area contributed by atoms with E-state index in [0.29, 0.717) is 4.91 Å². The van der Waals surface area contributed by atoms with Gasteiger partial charge in [0.2, 0.25) is 5.91 Å². The molecule has 0 radical (unpaired) electrons. The maximum atomic E-state index is 12.5. The molecule has 4 rings (SSSR count). The number of carbonyl (C=O) groups excluding carboxylic acids is 3. The van der Waals surface area contributed by atoms with Crippen LogP contribution in [0.1, 0.15) is 16.7 Å². The molecule has 1 fully saturated rings. The van der Waals surface area contributed by atoms with Gasteiger partial charge in [-0.15, -0.1) is 0 Å². The summed E-state index contributed by atoms with van der Waals surface area (Å²) >= 11 is 0.887. The van der Waals surface area contributed by atoms with E-state index in [1.165, 1.54) is 0 Å². The fourth-order valence-corrected chi connectivity index (χ4v) is 4.04. The number of aromatic nitrogens is 1. The lowest BCUT2D eigenvalue weighted by atomic mass is 10.1. The summed E-state index contributed by atoms with van der Waals surface area (Å²) in [6.07, 6.45) is 6.65. The van der Waals surface area contributed by atoms with Gasteiger partial charge >= 0.3 is 0 Å². The molecule has 0 saturated carbocycles. The van der Waals surface area contributed by atoms with Crippen LogP contribution in [0, 0.1) is 6.92 Å². The number of fused-ring (bicyclic) bond motifs is 1. The van der Waals surface area contributed by atoms with Crippen LogP contribution >= 0.6 is 11.8 Å². The second kappa shape index (κ2) is 8.54. The molecule has 0 unspecified atom stereocenters. The minimum Gasteiger partial charge on any atom is -0.464 e. The molecule has 0 atom stereocenters. The van der Waals surface area contributed by atoms with Gasteiger partial charge in [0.1, 0.15) is 5.58 Å². The van der Waals surface area contributed by atoms with E-state index in [0.717, 1.165) is 44.3 Å². The lowest BCUT2D eigenvalue weighted by Gasteiger charge is -2.12. The van der Waals surface area contributed by atoms with Gasteiger partial charge in [-0.2, -0.15) is 0 Å². The van der Waals surface area contributed by atoms with E-state index in [2.05, 4.69) is 10.3 Å². The Morgan fingerprint density at radius 1 is 1.30 bits per heavy atom. The zero-order valence-electron chi connectivity index (χ0n) is 16.3. The molecular formula is C22H19N3O4S. The molecule has 1 N–H and O–H groups in total. The largest absolute Gasteiger partial charge is 0.464 e. The number of carbonyl (C=O) groups is 3. The van der Waals surface area contributed by atoms with E-state index in [4.69, 9.17) is 4.42 Å². The highest BCUT2D eigenvalue weighted by atomic mass is 32.2. The monoisotopic (exact) mass is 421 g/mol. The zero-order chi connectivity index (χ0) is 21.1. The Morgan fingerprint density at radius 3 is 2.97 bits per heavy atom. The molecule has 3 heterocycles. The van der Waals surface area contributed by atoms with Gasteiger partial charge in [0.15, 0.2) is 0 Å². The van der Waals surface area contributed by atoms with Crippen molar-refractivity contribution in [3.05, 3.63) is 70.6 Å². The number of furan rings is 1. The second-order valence-electron chi connectivity index (χ2n) is 6.91. The molecule has 3 amide bonds. The van der Waals surface area contributed by atoms with Crippen molar-refractivity contribution in [2.24, 2.45) is 0 Å². The molecule has 1 saturated heterocycles.